The van der Waals surface area contributed by atoms with Crippen LogP contribution in [0.2, 0.25) is 0 Å². The number of halogens is 4. The summed E-state index contributed by atoms with van der Waals surface area (Å²) in [5, 5.41) is 0. The minimum atomic E-state index is 0. The van der Waals surface area contributed by atoms with E-state index >= 15 is 0 Å². The fourth-order valence-electron chi connectivity index (χ4n) is 5.15. The van der Waals surface area contributed by atoms with E-state index in [9.17, 15) is 0 Å². The van der Waals surface area contributed by atoms with Crippen LogP contribution < -0.4 is 0 Å². The van der Waals surface area contributed by atoms with Crippen molar-refractivity contribution >= 4 is 49.6 Å². The number of piperazine rings is 2. The second-order valence-electron chi connectivity index (χ2n) is 9.28. The Morgan fingerprint density at radius 3 is 1.14 bits per heavy atom. The standard InChI is InChI=1S/C27H40N4.4ClH/c1-24(26-10-5-3-6-11-26)30-20-16-28(17-21-30)14-9-15-29-18-22-31(23-19-29)25(2)27-12-7-4-8-13-27;;;;/h3-8,10-13,24-25H,9,14-23H2,1-2H3;4*1H. The molecule has 0 radical (unpaired) electrons. The number of nitrogens with zero attached hydrogens (tertiary/aromatic N) is 4. The number of hydrogen-bond donors (Lipinski definition) is 0. The Balaban J connectivity index is 0.00000289. The number of benzene rings is 2. The van der Waals surface area contributed by atoms with E-state index in [4.69, 9.17) is 0 Å². The molecule has 2 unspecified atom stereocenters. The van der Waals surface area contributed by atoms with Crippen molar-refractivity contribution in [3.8, 4) is 0 Å². The van der Waals surface area contributed by atoms with Crippen LogP contribution in [-0.2, 0) is 0 Å². The lowest BCUT2D eigenvalue weighted by Crippen LogP contribution is -2.49. The van der Waals surface area contributed by atoms with Gasteiger partial charge in [-0.15, -0.1) is 49.6 Å². The summed E-state index contributed by atoms with van der Waals surface area (Å²) in [5.41, 5.74) is 2.88. The Morgan fingerprint density at radius 2 is 0.829 bits per heavy atom. The molecule has 4 nitrogen and oxygen atoms in total. The van der Waals surface area contributed by atoms with Crippen molar-refractivity contribution in [1.82, 2.24) is 19.6 Å². The molecule has 2 heterocycles. The first kappa shape index (κ1) is 34.4. The summed E-state index contributed by atoms with van der Waals surface area (Å²) in [6, 6.07) is 22.9. The van der Waals surface area contributed by atoms with Crippen molar-refractivity contribution in [3.05, 3.63) is 71.8 Å². The van der Waals surface area contributed by atoms with Crippen LogP contribution in [-0.4, -0.2) is 85.0 Å². The molecule has 0 spiro atoms. The lowest BCUT2D eigenvalue weighted by molar-refractivity contribution is 0.0848. The highest BCUT2D eigenvalue weighted by molar-refractivity contribution is 5.86. The molecule has 2 aliphatic rings. The third-order valence-corrected chi connectivity index (χ3v) is 7.42. The van der Waals surface area contributed by atoms with Gasteiger partial charge in [0, 0.05) is 64.4 Å². The molecule has 2 saturated heterocycles. The monoisotopic (exact) mass is 564 g/mol. The average Bonchev–Trinajstić information content (AvgIpc) is 2.85. The van der Waals surface area contributed by atoms with Gasteiger partial charge in [-0.25, -0.2) is 0 Å². The summed E-state index contributed by atoms with van der Waals surface area (Å²) in [4.78, 5) is 10.6. The van der Waals surface area contributed by atoms with Crippen LogP contribution in [0.15, 0.2) is 60.7 Å². The summed E-state index contributed by atoms with van der Waals surface area (Å²) >= 11 is 0. The molecule has 0 aromatic heterocycles. The molecule has 2 fully saturated rings. The Kier molecular flexibility index (Phi) is 17.5. The van der Waals surface area contributed by atoms with E-state index in [0.29, 0.717) is 12.1 Å². The first-order chi connectivity index (χ1) is 15.2. The maximum Gasteiger partial charge on any atom is 0.0320 e. The molecule has 2 aromatic rings. The Labute approximate surface area is 238 Å². The van der Waals surface area contributed by atoms with E-state index in [1.807, 2.05) is 0 Å². The maximum absolute atomic E-state index is 2.67. The third kappa shape index (κ3) is 10.0. The van der Waals surface area contributed by atoms with Crippen LogP contribution in [0.4, 0.5) is 0 Å². The molecule has 0 amide bonds. The van der Waals surface area contributed by atoms with Gasteiger partial charge in [0.05, 0.1) is 0 Å². The van der Waals surface area contributed by atoms with Crippen LogP contribution in [0, 0.1) is 0 Å². The molecule has 0 N–H and O–H groups in total. The van der Waals surface area contributed by atoms with Gasteiger partial charge in [0.25, 0.3) is 0 Å². The predicted octanol–water partition coefficient (Wildman–Crippen LogP) is 5.82. The van der Waals surface area contributed by atoms with Crippen molar-refractivity contribution < 1.29 is 0 Å². The molecule has 2 aliphatic heterocycles. The lowest BCUT2D eigenvalue weighted by Gasteiger charge is -2.39. The predicted molar refractivity (Wildman–Crippen MR) is 159 cm³/mol. The SMILES string of the molecule is CC(c1ccccc1)N1CCN(CCCN2CCN(C(C)c3ccccc3)CC2)CC1.Cl.Cl.Cl.Cl. The van der Waals surface area contributed by atoms with Gasteiger partial charge in [0.1, 0.15) is 0 Å². The molecule has 0 aliphatic carbocycles. The van der Waals surface area contributed by atoms with Crippen LogP contribution >= 0.6 is 49.6 Å². The van der Waals surface area contributed by atoms with Crippen LogP contribution in [0.3, 0.4) is 0 Å². The van der Waals surface area contributed by atoms with Gasteiger partial charge in [-0.05, 0) is 44.5 Å². The van der Waals surface area contributed by atoms with Crippen molar-refractivity contribution in [2.75, 3.05) is 65.4 Å². The van der Waals surface area contributed by atoms with Crippen molar-refractivity contribution in [2.24, 2.45) is 0 Å². The molecular weight excluding hydrogens is 522 g/mol. The first-order valence-corrected chi connectivity index (χ1v) is 12.2. The molecule has 2 atom stereocenters. The number of rotatable bonds is 8. The lowest BCUT2D eigenvalue weighted by atomic mass is 10.1. The smallest absolute Gasteiger partial charge is 0.0320 e. The zero-order chi connectivity index (χ0) is 21.5. The molecule has 8 heteroatoms. The Bertz CT molecular complexity index is 702. The van der Waals surface area contributed by atoms with E-state index in [-0.39, 0.29) is 49.6 Å². The Hall–Kier alpha value is -0.560. The first-order valence-electron chi connectivity index (χ1n) is 12.2. The fourth-order valence-corrected chi connectivity index (χ4v) is 5.15. The van der Waals surface area contributed by atoms with E-state index in [2.05, 4.69) is 94.1 Å². The maximum atomic E-state index is 2.67. The summed E-state index contributed by atoms with van der Waals surface area (Å²) in [6.07, 6.45) is 1.29. The van der Waals surface area contributed by atoms with Crippen molar-refractivity contribution in [1.29, 1.82) is 0 Å². The highest BCUT2D eigenvalue weighted by Crippen LogP contribution is 2.22. The van der Waals surface area contributed by atoms with Gasteiger partial charge in [-0.3, -0.25) is 9.80 Å². The van der Waals surface area contributed by atoms with Crippen molar-refractivity contribution in [2.45, 2.75) is 32.4 Å². The zero-order valence-electron chi connectivity index (χ0n) is 21.1. The van der Waals surface area contributed by atoms with Gasteiger partial charge >= 0.3 is 0 Å². The molecule has 0 bridgehead atoms. The topological polar surface area (TPSA) is 13.0 Å². The minimum Gasteiger partial charge on any atom is -0.301 e. The normalized spacial score (nSPS) is 19.3. The average molecular weight is 566 g/mol. The van der Waals surface area contributed by atoms with Crippen LogP contribution in [0.5, 0.6) is 0 Å². The highest BCUT2D eigenvalue weighted by atomic mass is 35.5. The molecule has 200 valence electrons. The summed E-state index contributed by atoms with van der Waals surface area (Å²) in [5.74, 6) is 0. The van der Waals surface area contributed by atoms with E-state index in [1.54, 1.807) is 0 Å². The summed E-state index contributed by atoms with van der Waals surface area (Å²) in [6.45, 7) is 16.8. The van der Waals surface area contributed by atoms with Crippen LogP contribution in [0.1, 0.15) is 43.5 Å². The Morgan fingerprint density at radius 1 is 0.514 bits per heavy atom. The summed E-state index contributed by atoms with van der Waals surface area (Å²) < 4.78 is 0. The third-order valence-electron chi connectivity index (χ3n) is 7.42. The van der Waals surface area contributed by atoms with Gasteiger partial charge in [0.15, 0.2) is 0 Å². The number of hydrogen-bond acceptors (Lipinski definition) is 4. The molecule has 35 heavy (non-hydrogen) atoms. The highest BCUT2D eigenvalue weighted by Gasteiger charge is 2.23. The second kappa shape index (κ2) is 17.8. The largest absolute Gasteiger partial charge is 0.301 e. The van der Waals surface area contributed by atoms with Crippen molar-refractivity contribution in [3.63, 3.8) is 0 Å². The van der Waals surface area contributed by atoms with Crippen LogP contribution in [0.25, 0.3) is 0 Å². The molecular formula is C27H44Cl4N4. The van der Waals surface area contributed by atoms with Gasteiger partial charge in [0.2, 0.25) is 0 Å². The van der Waals surface area contributed by atoms with Gasteiger partial charge < -0.3 is 9.80 Å². The molecule has 0 saturated carbocycles. The quantitative estimate of drug-likeness (QED) is 0.399. The van der Waals surface area contributed by atoms with Gasteiger partial charge in [-0.1, -0.05) is 60.7 Å². The van der Waals surface area contributed by atoms with E-state index < -0.39 is 0 Å². The fraction of sp³-hybridized carbons (Fsp3) is 0.556. The molecule has 2 aromatic carbocycles. The van der Waals surface area contributed by atoms with E-state index in [0.717, 1.165) is 0 Å². The van der Waals surface area contributed by atoms with E-state index in [1.165, 1.54) is 83.0 Å². The molecule has 4 rings (SSSR count). The summed E-state index contributed by atoms with van der Waals surface area (Å²) in [7, 11) is 0. The van der Waals surface area contributed by atoms with Gasteiger partial charge in [-0.2, -0.15) is 0 Å². The minimum absolute atomic E-state index is 0. The zero-order valence-corrected chi connectivity index (χ0v) is 24.4. The second-order valence-corrected chi connectivity index (χ2v) is 9.28.